The molecule has 116 valence electrons. The van der Waals surface area contributed by atoms with Crippen LogP contribution in [0.3, 0.4) is 0 Å². The van der Waals surface area contributed by atoms with Gasteiger partial charge in [0.25, 0.3) is 15.9 Å². The first-order chi connectivity index (χ1) is 10.3. The highest BCUT2D eigenvalue weighted by Gasteiger charge is 2.35. The molecule has 2 N–H and O–H groups in total. The Balaban J connectivity index is 1.91. The number of carbonyl (C=O) groups is 1. The molecule has 0 saturated carbocycles. The number of anilines is 2. The van der Waals surface area contributed by atoms with Gasteiger partial charge < -0.3 is 10.1 Å². The lowest BCUT2D eigenvalue weighted by atomic mass is 10.1. The summed E-state index contributed by atoms with van der Waals surface area (Å²) in [6.45, 7) is 3.29. The van der Waals surface area contributed by atoms with Gasteiger partial charge in [0, 0.05) is 6.07 Å². The number of thiophene rings is 1. The van der Waals surface area contributed by atoms with Crippen molar-refractivity contribution in [3.05, 3.63) is 35.7 Å². The molecule has 6 nitrogen and oxygen atoms in total. The van der Waals surface area contributed by atoms with E-state index >= 15 is 0 Å². The van der Waals surface area contributed by atoms with Gasteiger partial charge in [0.15, 0.2) is 5.60 Å². The third kappa shape index (κ3) is 2.67. The van der Waals surface area contributed by atoms with Crippen molar-refractivity contribution in [2.45, 2.75) is 23.7 Å². The number of hydrogen-bond donors (Lipinski definition) is 2. The van der Waals surface area contributed by atoms with Crippen molar-refractivity contribution in [1.82, 2.24) is 0 Å². The fraction of sp³-hybridized carbons (Fsp3) is 0.214. The summed E-state index contributed by atoms with van der Waals surface area (Å²) in [6, 6.07) is 7.95. The fourth-order valence-electron chi connectivity index (χ4n) is 1.99. The molecule has 0 saturated heterocycles. The highest BCUT2D eigenvalue weighted by Crippen LogP contribution is 2.36. The van der Waals surface area contributed by atoms with Crippen molar-refractivity contribution in [1.29, 1.82) is 0 Å². The largest absolute Gasteiger partial charge is 0.476 e. The molecule has 0 radical (unpaired) electrons. The molecular formula is C14H14N2O4S2. The third-order valence-corrected chi connectivity index (χ3v) is 5.93. The Kier molecular flexibility index (Phi) is 3.37. The molecule has 3 rings (SSSR count). The lowest BCUT2D eigenvalue weighted by molar-refractivity contribution is -0.129. The Morgan fingerprint density at radius 3 is 2.73 bits per heavy atom. The van der Waals surface area contributed by atoms with Crippen molar-refractivity contribution in [2.24, 2.45) is 0 Å². The summed E-state index contributed by atoms with van der Waals surface area (Å²) in [6.07, 6.45) is 0. The van der Waals surface area contributed by atoms with Crippen LogP contribution in [0.4, 0.5) is 11.4 Å². The molecule has 0 unspecified atom stereocenters. The summed E-state index contributed by atoms with van der Waals surface area (Å²) in [4.78, 5) is 11.8. The first kappa shape index (κ1) is 14.9. The van der Waals surface area contributed by atoms with Crippen molar-refractivity contribution in [3.63, 3.8) is 0 Å². The van der Waals surface area contributed by atoms with Crippen LogP contribution in [0.2, 0.25) is 0 Å². The van der Waals surface area contributed by atoms with Crippen LogP contribution in [-0.2, 0) is 14.8 Å². The standard InChI is InChI=1S/C14H14N2O4S2/c1-14(2)13(17)15-10-6-5-9(8-11(10)20-14)16-22(18,19)12-4-3-7-21-12/h3-8,16H,1-2H3,(H,15,17). The minimum absolute atomic E-state index is 0.236. The van der Waals surface area contributed by atoms with Crippen LogP contribution in [0.1, 0.15) is 13.8 Å². The van der Waals surface area contributed by atoms with Gasteiger partial charge >= 0.3 is 0 Å². The van der Waals surface area contributed by atoms with Crippen LogP contribution in [-0.4, -0.2) is 19.9 Å². The number of benzene rings is 1. The van der Waals surface area contributed by atoms with Gasteiger partial charge in [-0.15, -0.1) is 11.3 Å². The number of ether oxygens (including phenoxy) is 1. The Morgan fingerprint density at radius 2 is 2.05 bits per heavy atom. The number of sulfonamides is 1. The van der Waals surface area contributed by atoms with Crippen LogP contribution in [0.25, 0.3) is 0 Å². The highest BCUT2D eigenvalue weighted by molar-refractivity contribution is 7.94. The molecule has 1 aromatic carbocycles. The molecule has 2 aromatic rings. The molecule has 1 amide bonds. The smallest absolute Gasteiger partial charge is 0.271 e. The first-order valence-electron chi connectivity index (χ1n) is 6.49. The molecule has 0 aliphatic carbocycles. The van der Waals surface area contributed by atoms with Gasteiger partial charge in [-0.1, -0.05) is 6.07 Å². The molecule has 2 heterocycles. The molecule has 8 heteroatoms. The Bertz CT molecular complexity index is 827. The molecule has 0 atom stereocenters. The number of carbonyl (C=O) groups excluding carboxylic acids is 1. The average molecular weight is 338 g/mol. The van der Waals surface area contributed by atoms with Gasteiger partial charge in [0.1, 0.15) is 9.96 Å². The summed E-state index contributed by atoms with van der Waals surface area (Å²) in [5, 5.41) is 4.43. The summed E-state index contributed by atoms with van der Waals surface area (Å²) >= 11 is 1.14. The fourth-order valence-corrected chi connectivity index (χ4v) is 4.03. The predicted molar refractivity (Wildman–Crippen MR) is 84.9 cm³/mol. The maximum atomic E-state index is 12.2. The minimum Gasteiger partial charge on any atom is -0.476 e. The van der Waals surface area contributed by atoms with Gasteiger partial charge in [-0.3, -0.25) is 9.52 Å². The van der Waals surface area contributed by atoms with Crippen LogP contribution >= 0.6 is 11.3 Å². The van der Waals surface area contributed by atoms with Crippen LogP contribution < -0.4 is 14.8 Å². The Morgan fingerprint density at radius 1 is 1.27 bits per heavy atom. The second kappa shape index (κ2) is 4.99. The first-order valence-corrected chi connectivity index (χ1v) is 8.85. The van der Waals surface area contributed by atoms with E-state index in [4.69, 9.17) is 4.74 Å². The van der Waals surface area contributed by atoms with Gasteiger partial charge in [0.05, 0.1) is 11.4 Å². The SMILES string of the molecule is CC1(C)Oc2cc(NS(=O)(=O)c3cccs3)ccc2NC1=O. The van der Waals surface area contributed by atoms with Gasteiger partial charge in [-0.2, -0.15) is 0 Å². The monoisotopic (exact) mass is 338 g/mol. The molecule has 1 aliphatic heterocycles. The molecule has 22 heavy (non-hydrogen) atoms. The van der Waals surface area contributed by atoms with Crippen molar-refractivity contribution < 1.29 is 17.9 Å². The van der Waals surface area contributed by atoms with Crippen molar-refractivity contribution in [3.8, 4) is 5.75 Å². The molecular weight excluding hydrogens is 324 g/mol. The summed E-state index contributed by atoms with van der Waals surface area (Å²) < 4.78 is 32.8. The maximum Gasteiger partial charge on any atom is 0.271 e. The maximum absolute atomic E-state index is 12.2. The van der Waals surface area contributed by atoms with Crippen LogP contribution in [0.5, 0.6) is 5.75 Å². The predicted octanol–water partition coefficient (Wildman–Crippen LogP) is 2.66. The second-order valence-corrected chi connectivity index (χ2v) is 8.17. The van der Waals surface area contributed by atoms with Crippen LogP contribution in [0, 0.1) is 0 Å². The molecule has 0 spiro atoms. The molecule has 0 bridgehead atoms. The van der Waals surface area contributed by atoms with E-state index in [1.165, 1.54) is 6.07 Å². The molecule has 1 aliphatic rings. The van der Waals surface area contributed by atoms with Gasteiger partial charge in [0.2, 0.25) is 0 Å². The minimum atomic E-state index is -3.61. The number of fused-ring (bicyclic) bond motifs is 1. The van der Waals surface area contributed by atoms with E-state index in [9.17, 15) is 13.2 Å². The van der Waals surface area contributed by atoms with E-state index in [-0.39, 0.29) is 10.1 Å². The lowest BCUT2D eigenvalue weighted by Crippen LogP contribution is -2.45. The average Bonchev–Trinajstić information content (AvgIpc) is 2.94. The normalized spacial score (nSPS) is 16.4. The highest BCUT2D eigenvalue weighted by atomic mass is 32.2. The Hall–Kier alpha value is -2.06. The Labute approximate surface area is 132 Å². The number of amides is 1. The lowest BCUT2D eigenvalue weighted by Gasteiger charge is -2.31. The zero-order chi connectivity index (χ0) is 16.0. The van der Waals surface area contributed by atoms with Crippen LogP contribution in [0.15, 0.2) is 39.9 Å². The summed E-state index contributed by atoms with van der Waals surface area (Å²) in [7, 11) is -3.61. The number of rotatable bonds is 3. The van der Waals surface area contributed by atoms with Crippen molar-refractivity contribution in [2.75, 3.05) is 10.0 Å². The van der Waals surface area contributed by atoms with Gasteiger partial charge in [-0.05, 0) is 37.4 Å². The molecule has 0 fully saturated rings. The molecule has 1 aromatic heterocycles. The van der Waals surface area contributed by atoms with Crippen molar-refractivity contribution >= 4 is 38.6 Å². The van der Waals surface area contributed by atoms with E-state index in [2.05, 4.69) is 10.0 Å². The van der Waals surface area contributed by atoms with E-state index in [1.807, 2.05) is 0 Å². The summed E-state index contributed by atoms with van der Waals surface area (Å²) in [5.41, 5.74) is -0.111. The van der Waals surface area contributed by atoms with E-state index < -0.39 is 15.6 Å². The quantitative estimate of drug-likeness (QED) is 0.901. The van der Waals surface area contributed by atoms with E-state index in [1.54, 1.807) is 43.5 Å². The topological polar surface area (TPSA) is 84.5 Å². The second-order valence-electron chi connectivity index (χ2n) is 5.32. The number of nitrogens with one attached hydrogen (secondary N) is 2. The number of hydrogen-bond acceptors (Lipinski definition) is 5. The third-order valence-electron chi connectivity index (χ3n) is 3.15. The summed E-state index contributed by atoms with van der Waals surface area (Å²) in [5.74, 6) is 0.183. The van der Waals surface area contributed by atoms with Gasteiger partial charge in [-0.25, -0.2) is 8.42 Å². The zero-order valence-corrected chi connectivity index (χ0v) is 13.5. The zero-order valence-electron chi connectivity index (χ0n) is 11.9. The van der Waals surface area contributed by atoms with E-state index in [0.717, 1.165) is 11.3 Å². The van der Waals surface area contributed by atoms with E-state index in [0.29, 0.717) is 17.1 Å².